The van der Waals surface area contributed by atoms with Gasteiger partial charge >= 0.3 is 5.97 Å². The Hall–Kier alpha value is -2.42. The average Bonchev–Trinajstić information content (AvgIpc) is 2.72. The first kappa shape index (κ1) is 21.3. The topological polar surface area (TPSA) is 92.8 Å². The van der Waals surface area contributed by atoms with Gasteiger partial charge in [0.1, 0.15) is 4.90 Å². The number of amides is 1. The van der Waals surface area contributed by atoms with E-state index in [9.17, 15) is 18.0 Å². The van der Waals surface area contributed by atoms with E-state index in [-0.39, 0.29) is 21.4 Å². The third kappa shape index (κ3) is 4.44. The highest BCUT2D eigenvalue weighted by atomic mass is 35.5. The molecule has 29 heavy (non-hydrogen) atoms. The Morgan fingerprint density at radius 1 is 1.21 bits per heavy atom. The van der Waals surface area contributed by atoms with E-state index in [2.05, 4.69) is 4.72 Å². The summed E-state index contributed by atoms with van der Waals surface area (Å²) in [7, 11) is -2.60. The van der Waals surface area contributed by atoms with Crippen LogP contribution in [0.15, 0.2) is 47.4 Å². The molecule has 0 bridgehead atoms. The van der Waals surface area contributed by atoms with E-state index in [0.717, 1.165) is 30.2 Å². The maximum absolute atomic E-state index is 12.9. The van der Waals surface area contributed by atoms with Crippen LogP contribution in [0.2, 0.25) is 5.02 Å². The molecule has 1 unspecified atom stereocenters. The number of carbonyl (C=O) groups is 2. The zero-order valence-corrected chi connectivity index (χ0v) is 17.6. The van der Waals surface area contributed by atoms with E-state index in [1.807, 2.05) is 24.3 Å². The van der Waals surface area contributed by atoms with Crippen molar-refractivity contribution in [2.24, 2.45) is 0 Å². The second-order valence-electron chi connectivity index (χ2n) is 6.62. The van der Waals surface area contributed by atoms with Crippen LogP contribution in [0.4, 0.5) is 5.69 Å². The predicted octanol–water partition coefficient (Wildman–Crippen LogP) is 2.77. The Bertz CT molecular complexity index is 1050. The Morgan fingerprint density at radius 2 is 1.93 bits per heavy atom. The molecule has 1 atom stereocenters. The molecule has 3 rings (SSSR count). The normalized spacial score (nSPS) is 14.8. The maximum atomic E-state index is 12.9. The number of sulfonamides is 1. The van der Waals surface area contributed by atoms with Crippen LogP contribution in [-0.4, -0.2) is 40.0 Å². The number of nitrogens with zero attached hydrogens (tertiary/aromatic N) is 1. The monoisotopic (exact) mass is 436 g/mol. The molecule has 0 fully saturated rings. The predicted molar refractivity (Wildman–Crippen MR) is 110 cm³/mol. The molecule has 9 heteroatoms. The van der Waals surface area contributed by atoms with Gasteiger partial charge in [-0.05, 0) is 56.6 Å². The van der Waals surface area contributed by atoms with Crippen molar-refractivity contribution in [3.8, 4) is 0 Å². The molecule has 0 aliphatic carbocycles. The summed E-state index contributed by atoms with van der Waals surface area (Å²) in [5.41, 5.74) is 1.88. The van der Waals surface area contributed by atoms with E-state index < -0.39 is 22.1 Å². The summed E-state index contributed by atoms with van der Waals surface area (Å²) >= 11 is 5.94. The highest BCUT2D eigenvalue weighted by molar-refractivity contribution is 7.89. The first-order valence-electron chi connectivity index (χ1n) is 9.08. The zero-order valence-electron chi connectivity index (χ0n) is 16.0. The van der Waals surface area contributed by atoms with Gasteiger partial charge in [-0.25, -0.2) is 17.9 Å². The number of fused-ring (bicyclic) bond motifs is 1. The summed E-state index contributed by atoms with van der Waals surface area (Å²) in [5.74, 6) is -1.14. The van der Waals surface area contributed by atoms with Gasteiger partial charge in [-0.3, -0.25) is 4.79 Å². The van der Waals surface area contributed by atoms with Crippen LogP contribution < -0.4 is 9.62 Å². The van der Waals surface area contributed by atoms with Gasteiger partial charge in [0.15, 0.2) is 6.10 Å². The fourth-order valence-corrected chi connectivity index (χ4v) is 4.46. The Morgan fingerprint density at radius 3 is 2.66 bits per heavy atom. The lowest BCUT2D eigenvalue weighted by atomic mass is 10.0. The molecule has 1 amide bonds. The lowest BCUT2D eigenvalue weighted by molar-refractivity contribution is -0.126. The number of aryl methyl sites for hydroxylation is 1. The van der Waals surface area contributed by atoms with Crippen LogP contribution >= 0.6 is 11.6 Å². The summed E-state index contributed by atoms with van der Waals surface area (Å²) in [6.45, 7) is 2.04. The van der Waals surface area contributed by atoms with Gasteiger partial charge in [0.2, 0.25) is 10.0 Å². The number of anilines is 1. The summed E-state index contributed by atoms with van der Waals surface area (Å²) in [4.78, 5) is 26.8. The molecular weight excluding hydrogens is 416 g/mol. The minimum atomic E-state index is -3.85. The molecule has 1 aliphatic rings. The van der Waals surface area contributed by atoms with E-state index in [0.29, 0.717) is 6.54 Å². The lowest BCUT2D eigenvalue weighted by Gasteiger charge is -2.31. The summed E-state index contributed by atoms with van der Waals surface area (Å²) < 4.78 is 31.6. The molecule has 7 nitrogen and oxygen atoms in total. The standard InChI is InChI=1S/C20H21ClN2O5S/c1-13(19(24)23-11-5-7-14-6-3-4-8-17(14)23)28-20(25)15-9-10-16(21)18(12-15)29(26,27)22-2/h3-4,6,8-10,12-13,22H,5,7,11H2,1-2H3. The van der Waals surface area contributed by atoms with Crippen LogP contribution in [0.1, 0.15) is 29.3 Å². The number of hydrogen-bond acceptors (Lipinski definition) is 5. The van der Waals surface area contributed by atoms with Crippen molar-refractivity contribution in [1.82, 2.24) is 4.72 Å². The molecular formula is C20H21ClN2O5S. The third-order valence-electron chi connectivity index (χ3n) is 4.73. The van der Waals surface area contributed by atoms with E-state index in [1.165, 1.54) is 26.1 Å². The number of benzene rings is 2. The van der Waals surface area contributed by atoms with Crippen LogP contribution in [0, 0.1) is 0 Å². The van der Waals surface area contributed by atoms with Crippen molar-refractivity contribution in [2.75, 3.05) is 18.5 Å². The largest absolute Gasteiger partial charge is 0.449 e. The van der Waals surface area contributed by atoms with Gasteiger partial charge in [-0.2, -0.15) is 0 Å². The number of rotatable bonds is 5. The van der Waals surface area contributed by atoms with Crippen LogP contribution in [0.3, 0.4) is 0 Å². The zero-order chi connectivity index (χ0) is 21.2. The van der Waals surface area contributed by atoms with Crippen molar-refractivity contribution < 1.29 is 22.7 Å². The van der Waals surface area contributed by atoms with Gasteiger partial charge in [0.25, 0.3) is 5.91 Å². The van der Waals surface area contributed by atoms with Crippen LogP contribution in [-0.2, 0) is 26.0 Å². The highest BCUT2D eigenvalue weighted by Gasteiger charge is 2.29. The Kier molecular flexibility index (Phi) is 6.26. The highest BCUT2D eigenvalue weighted by Crippen LogP contribution is 2.28. The van der Waals surface area contributed by atoms with Crippen molar-refractivity contribution in [1.29, 1.82) is 0 Å². The van der Waals surface area contributed by atoms with Gasteiger partial charge < -0.3 is 9.64 Å². The van der Waals surface area contributed by atoms with E-state index >= 15 is 0 Å². The van der Waals surface area contributed by atoms with Crippen molar-refractivity contribution >= 4 is 39.2 Å². The van der Waals surface area contributed by atoms with E-state index in [4.69, 9.17) is 16.3 Å². The second-order valence-corrected chi connectivity index (χ2v) is 8.88. The van der Waals surface area contributed by atoms with Crippen molar-refractivity contribution in [3.05, 3.63) is 58.6 Å². The first-order chi connectivity index (χ1) is 13.7. The molecule has 0 saturated carbocycles. The third-order valence-corrected chi connectivity index (χ3v) is 6.63. The van der Waals surface area contributed by atoms with Gasteiger partial charge in [-0.15, -0.1) is 0 Å². The van der Waals surface area contributed by atoms with Gasteiger partial charge in [0.05, 0.1) is 10.6 Å². The molecule has 2 aromatic rings. The molecule has 1 heterocycles. The number of ether oxygens (including phenoxy) is 1. The smallest absolute Gasteiger partial charge is 0.338 e. The molecule has 1 aliphatic heterocycles. The molecule has 0 saturated heterocycles. The minimum Gasteiger partial charge on any atom is -0.449 e. The Balaban J connectivity index is 1.78. The molecule has 0 radical (unpaired) electrons. The van der Waals surface area contributed by atoms with Gasteiger partial charge in [0, 0.05) is 12.2 Å². The second kappa shape index (κ2) is 8.52. The molecule has 1 N–H and O–H groups in total. The number of hydrogen-bond donors (Lipinski definition) is 1. The number of carbonyl (C=O) groups excluding carboxylic acids is 2. The molecule has 0 aromatic heterocycles. The number of halogens is 1. The fourth-order valence-electron chi connectivity index (χ4n) is 3.21. The average molecular weight is 437 g/mol. The van der Waals surface area contributed by atoms with Gasteiger partial charge in [-0.1, -0.05) is 29.8 Å². The van der Waals surface area contributed by atoms with Crippen molar-refractivity contribution in [3.63, 3.8) is 0 Å². The SMILES string of the molecule is CNS(=O)(=O)c1cc(C(=O)OC(C)C(=O)N2CCCc3ccccc32)ccc1Cl. The number of nitrogens with one attached hydrogen (secondary N) is 1. The first-order valence-corrected chi connectivity index (χ1v) is 10.9. The van der Waals surface area contributed by atoms with Crippen molar-refractivity contribution in [2.45, 2.75) is 30.8 Å². The summed E-state index contributed by atoms with van der Waals surface area (Å²) in [5, 5.41) is -0.0232. The lowest BCUT2D eigenvalue weighted by Crippen LogP contribution is -2.42. The molecule has 154 valence electrons. The summed E-state index contributed by atoms with van der Waals surface area (Å²) in [6, 6.07) is 11.4. The molecule has 0 spiro atoms. The summed E-state index contributed by atoms with van der Waals surface area (Å²) in [6.07, 6.45) is 0.682. The number of para-hydroxylation sites is 1. The quantitative estimate of drug-likeness (QED) is 0.727. The minimum absolute atomic E-state index is 0.0121. The Labute approximate surface area is 174 Å². The van der Waals surface area contributed by atoms with E-state index in [1.54, 1.807) is 4.90 Å². The van der Waals surface area contributed by atoms with Crippen LogP contribution in [0.5, 0.6) is 0 Å². The fraction of sp³-hybridized carbons (Fsp3) is 0.300. The molecule has 2 aromatic carbocycles. The maximum Gasteiger partial charge on any atom is 0.338 e. The number of esters is 1. The van der Waals surface area contributed by atoms with Crippen LogP contribution in [0.25, 0.3) is 0 Å².